The van der Waals surface area contributed by atoms with E-state index in [-0.39, 0.29) is 11.6 Å². The predicted molar refractivity (Wildman–Crippen MR) is 138 cm³/mol. The van der Waals surface area contributed by atoms with Crippen molar-refractivity contribution in [3.8, 4) is 22.8 Å². The second-order valence-electron chi connectivity index (χ2n) is 8.64. The van der Waals surface area contributed by atoms with Crippen LogP contribution in [0.4, 0.5) is 11.5 Å². The van der Waals surface area contributed by atoms with E-state index in [0.29, 0.717) is 77.8 Å². The van der Waals surface area contributed by atoms with Gasteiger partial charge in [-0.15, -0.1) is 0 Å². The molecule has 5 rings (SSSR count). The fourth-order valence-corrected chi connectivity index (χ4v) is 5.40. The maximum atomic E-state index is 13.2. The van der Waals surface area contributed by atoms with E-state index in [2.05, 4.69) is 9.97 Å². The van der Waals surface area contributed by atoms with E-state index in [1.165, 1.54) is 12.4 Å². The highest BCUT2D eigenvalue weighted by Crippen LogP contribution is 2.41. The number of nitrogens with zero attached hydrogens (tertiary/aromatic N) is 5. The lowest BCUT2D eigenvalue weighted by Gasteiger charge is -2.29. The Kier molecular flexibility index (Phi) is 6.77. The summed E-state index contributed by atoms with van der Waals surface area (Å²) in [5, 5.41) is 0.642. The average molecular weight is 530 g/mol. The molecule has 0 bridgehead atoms. The van der Waals surface area contributed by atoms with Gasteiger partial charge in [-0.1, -0.05) is 23.2 Å². The number of aryl methyl sites for hydroxylation is 1. The Hall–Kier alpha value is -3.30. The van der Waals surface area contributed by atoms with Crippen molar-refractivity contribution in [2.45, 2.75) is 25.8 Å². The minimum atomic E-state index is -0.383. The fraction of sp³-hybridized carbons (Fsp3) is 0.360. The van der Waals surface area contributed by atoms with Crippen LogP contribution in [0.2, 0.25) is 10.0 Å². The average Bonchev–Trinajstić information content (AvgIpc) is 3.29. The molecule has 4 heterocycles. The number of benzene rings is 1. The lowest BCUT2D eigenvalue weighted by Crippen LogP contribution is -2.36. The molecule has 2 aromatic heterocycles. The summed E-state index contributed by atoms with van der Waals surface area (Å²) in [5.41, 5.74) is 2.71. The van der Waals surface area contributed by atoms with Gasteiger partial charge < -0.3 is 19.3 Å². The smallest absolute Gasteiger partial charge is 0.350 e. The van der Waals surface area contributed by atoms with E-state index >= 15 is 0 Å². The SMILES string of the molecule is COc1cc2c(cc1OC)-c1cc(N(CCN3CCCC3=O)c3c(Cl)cncc3Cl)nc(=O)n1CC2. The van der Waals surface area contributed by atoms with Gasteiger partial charge in [-0.2, -0.15) is 4.98 Å². The lowest BCUT2D eigenvalue weighted by molar-refractivity contribution is -0.127. The molecule has 0 atom stereocenters. The van der Waals surface area contributed by atoms with E-state index in [9.17, 15) is 9.59 Å². The topological polar surface area (TPSA) is 89.8 Å². The molecule has 2 aliphatic rings. The second-order valence-corrected chi connectivity index (χ2v) is 9.45. The third kappa shape index (κ3) is 4.37. The Morgan fingerprint density at radius 3 is 2.39 bits per heavy atom. The van der Waals surface area contributed by atoms with Crippen LogP contribution in [-0.4, -0.2) is 59.2 Å². The Bertz CT molecular complexity index is 1370. The van der Waals surface area contributed by atoms with Gasteiger partial charge in [0.15, 0.2) is 11.5 Å². The Morgan fingerprint density at radius 2 is 1.72 bits per heavy atom. The molecule has 1 amide bonds. The number of fused-ring (bicyclic) bond motifs is 3. The number of likely N-dealkylation sites (tertiary alicyclic amines) is 1. The van der Waals surface area contributed by atoms with Crippen LogP contribution in [0.1, 0.15) is 18.4 Å². The molecule has 1 aromatic carbocycles. The van der Waals surface area contributed by atoms with Gasteiger partial charge in [-0.25, -0.2) is 4.79 Å². The summed E-state index contributed by atoms with van der Waals surface area (Å²) in [4.78, 5) is 37.5. The molecule has 0 saturated carbocycles. The minimum absolute atomic E-state index is 0.107. The number of hydrogen-bond donors (Lipinski definition) is 0. The van der Waals surface area contributed by atoms with Crippen LogP contribution in [0.15, 0.2) is 35.4 Å². The lowest BCUT2D eigenvalue weighted by atomic mass is 9.96. The van der Waals surface area contributed by atoms with E-state index in [0.717, 1.165) is 17.5 Å². The first-order valence-corrected chi connectivity index (χ1v) is 12.4. The van der Waals surface area contributed by atoms with Gasteiger partial charge >= 0.3 is 5.69 Å². The summed E-state index contributed by atoms with van der Waals surface area (Å²) in [6.45, 7) is 1.97. The number of aromatic nitrogens is 3. The molecule has 0 radical (unpaired) electrons. The van der Waals surface area contributed by atoms with Crippen molar-refractivity contribution < 1.29 is 14.3 Å². The van der Waals surface area contributed by atoms with Gasteiger partial charge in [0.2, 0.25) is 5.91 Å². The van der Waals surface area contributed by atoms with Crippen molar-refractivity contribution in [2.75, 3.05) is 38.8 Å². The van der Waals surface area contributed by atoms with Crippen LogP contribution in [0.5, 0.6) is 11.5 Å². The first-order valence-electron chi connectivity index (χ1n) is 11.6. The largest absolute Gasteiger partial charge is 0.493 e. The second kappa shape index (κ2) is 9.99. The number of pyridine rings is 1. The van der Waals surface area contributed by atoms with Crippen LogP contribution in [0.25, 0.3) is 11.3 Å². The molecule has 0 aliphatic carbocycles. The molecule has 188 valence electrons. The van der Waals surface area contributed by atoms with E-state index in [4.69, 9.17) is 32.7 Å². The number of halogens is 2. The highest BCUT2D eigenvalue weighted by Gasteiger charge is 2.27. The summed E-state index contributed by atoms with van der Waals surface area (Å²) in [6.07, 6.45) is 5.02. The van der Waals surface area contributed by atoms with Gasteiger partial charge in [0.05, 0.1) is 35.6 Å². The molecule has 0 spiro atoms. The van der Waals surface area contributed by atoms with Crippen molar-refractivity contribution in [1.82, 2.24) is 19.4 Å². The first kappa shape index (κ1) is 24.4. The zero-order valence-corrected chi connectivity index (χ0v) is 21.5. The molecular weight excluding hydrogens is 505 g/mol. The van der Waals surface area contributed by atoms with Gasteiger partial charge in [0, 0.05) is 56.6 Å². The molecule has 36 heavy (non-hydrogen) atoms. The zero-order valence-electron chi connectivity index (χ0n) is 20.0. The number of anilines is 2. The number of carbonyl (C=O) groups is 1. The third-order valence-electron chi connectivity index (χ3n) is 6.63. The molecule has 11 heteroatoms. The summed E-state index contributed by atoms with van der Waals surface area (Å²) < 4.78 is 12.6. The van der Waals surface area contributed by atoms with Crippen LogP contribution < -0.4 is 20.1 Å². The van der Waals surface area contributed by atoms with Crippen molar-refractivity contribution >= 4 is 40.6 Å². The summed E-state index contributed by atoms with van der Waals surface area (Å²) >= 11 is 13.0. The zero-order chi connectivity index (χ0) is 25.4. The first-order chi connectivity index (χ1) is 17.4. The maximum absolute atomic E-state index is 13.2. The van der Waals surface area contributed by atoms with Crippen molar-refractivity contribution in [1.29, 1.82) is 0 Å². The van der Waals surface area contributed by atoms with Crippen LogP contribution >= 0.6 is 23.2 Å². The Balaban J connectivity index is 1.63. The normalized spacial score (nSPS) is 14.4. The van der Waals surface area contributed by atoms with E-state index < -0.39 is 0 Å². The molecule has 2 aliphatic heterocycles. The molecule has 3 aromatic rings. The fourth-order valence-electron chi connectivity index (χ4n) is 4.83. The van der Waals surface area contributed by atoms with Crippen molar-refractivity contribution in [3.63, 3.8) is 0 Å². The molecule has 0 N–H and O–H groups in total. The molecule has 1 fully saturated rings. The van der Waals surface area contributed by atoms with Crippen molar-refractivity contribution in [2.24, 2.45) is 0 Å². The van der Waals surface area contributed by atoms with Crippen LogP contribution in [-0.2, 0) is 17.8 Å². The molecular formula is C25H25Cl2N5O4. The summed E-state index contributed by atoms with van der Waals surface area (Å²) in [7, 11) is 3.17. The number of amides is 1. The maximum Gasteiger partial charge on any atom is 0.350 e. The van der Waals surface area contributed by atoms with Crippen LogP contribution in [0.3, 0.4) is 0 Å². The van der Waals surface area contributed by atoms with Gasteiger partial charge in [-0.05, 0) is 30.5 Å². The van der Waals surface area contributed by atoms with Gasteiger partial charge in [-0.3, -0.25) is 14.3 Å². The van der Waals surface area contributed by atoms with E-state index in [1.807, 2.05) is 18.2 Å². The Morgan fingerprint density at radius 1 is 1.00 bits per heavy atom. The summed E-state index contributed by atoms with van der Waals surface area (Å²) in [5.74, 6) is 1.69. The number of carbonyl (C=O) groups excluding carboxylic acids is 1. The van der Waals surface area contributed by atoms with Crippen molar-refractivity contribution in [3.05, 3.63) is 56.7 Å². The van der Waals surface area contributed by atoms with Gasteiger partial charge in [0.25, 0.3) is 0 Å². The number of methoxy groups -OCH3 is 2. The molecule has 0 unspecified atom stereocenters. The Labute approximate surface area is 218 Å². The molecule has 9 nitrogen and oxygen atoms in total. The number of ether oxygens (including phenoxy) is 2. The monoisotopic (exact) mass is 529 g/mol. The standard InChI is InChI=1S/C25H25Cl2N5O4/c1-35-20-10-15-5-7-31-19(16(15)11-21(20)36-2)12-22(29-25(31)34)32(9-8-30-6-3-4-23(30)33)24-17(26)13-28-14-18(24)27/h10-14H,3-9H2,1-2H3. The van der Waals surface area contributed by atoms with E-state index in [1.54, 1.807) is 28.6 Å². The van der Waals surface area contributed by atoms with Crippen LogP contribution in [0, 0.1) is 0 Å². The van der Waals surface area contributed by atoms with Gasteiger partial charge in [0.1, 0.15) is 5.82 Å². The number of hydrogen-bond acceptors (Lipinski definition) is 7. The third-order valence-corrected chi connectivity index (χ3v) is 7.18. The number of rotatable bonds is 7. The predicted octanol–water partition coefficient (Wildman–Crippen LogP) is 3.95. The molecule has 1 saturated heterocycles. The highest BCUT2D eigenvalue weighted by atomic mass is 35.5. The quantitative estimate of drug-likeness (QED) is 0.457. The minimum Gasteiger partial charge on any atom is -0.493 e. The highest BCUT2D eigenvalue weighted by molar-refractivity contribution is 6.39. The summed E-state index contributed by atoms with van der Waals surface area (Å²) in [6, 6.07) is 5.67.